The number of hydrogen-bond acceptors (Lipinski definition) is 3. The summed E-state index contributed by atoms with van der Waals surface area (Å²) in [6.45, 7) is 4.87. The minimum Gasteiger partial charge on any atom is -0.489 e. The quantitative estimate of drug-likeness (QED) is 0.368. The normalized spacial score (nSPS) is 12.9. The Balaban J connectivity index is 2.07. The highest BCUT2D eigenvalue weighted by Gasteiger charge is 2.09. The van der Waals surface area contributed by atoms with E-state index >= 15 is 0 Å². The molecule has 0 aliphatic carbocycles. The van der Waals surface area contributed by atoms with Crippen LogP contribution in [0.3, 0.4) is 0 Å². The fraction of sp³-hybridized carbons (Fsp3) is 0.278. The molecule has 0 aromatic heterocycles. The molecule has 0 saturated heterocycles. The van der Waals surface area contributed by atoms with Crippen LogP contribution in [0.25, 0.3) is 0 Å². The Kier molecular flexibility index (Phi) is 5.42. The highest BCUT2D eigenvalue weighted by Crippen LogP contribution is 2.28. The molecule has 0 heterocycles. The zero-order valence-electron chi connectivity index (χ0n) is 13.0. The fourth-order valence-corrected chi connectivity index (χ4v) is 2.23. The zero-order valence-corrected chi connectivity index (χ0v) is 13.0. The van der Waals surface area contributed by atoms with Gasteiger partial charge in [-0.25, -0.2) is 0 Å². The van der Waals surface area contributed by atoms with Gasteiger partial charge in [0.05, 0.1) is 0 Å². The molecular formula is C18H22N2O2. The largest absolute Gasteiger partial charge is 0.489 e. The highest BCUT2D eigenvalue weighted by molar-refractivity contribution is 5.96. The number of hydrogen-bond donors (Lipinski definition) is 2. The van der Waals surface area contributed by atoms with Crippen molar-refractivity contribution in [2.45, 2.75) is 32.8 Å². The van der Waals surface area contributed by atoms with Gasteiger partial charge in [-0.1, -0.05) is 61.5 Å². The fourth-order valence-electron chi connectivity index (χ4n) is 2.23. The molecule has 0 saturated carbocycles. The lowest BCUT2D eigenvalue weighted by Gasteiger charge is -2.15. The number of benzene rings is 2. The van der Waals surface area contributed by atoms with Crippen LogP contribution in [0.5, 0.6) is 5.75 Å². The van der Waals surface area contributed by atoms with E-state index in [1.54, 1.807) is 0 Å². The van der Waals surface area contributed by atoms with Crippen molar-refractivity contribution >= 4 is 5.84 Å². The Morgan fingerprint density at radius 3 is 2.50 bits per heavy atom. The van der Waals surface area contributed by atoms with Crippen molar-refractivity contribution in [2.24, 2.45) is 10.9 Å². The molecule has 2 rings (SSSR count). The average Bonchev–Trinajstić information content (AvgIpc) is 2.59. The summed E-state index contributed by atoms with van der Waals surface area (Å²) in [4.78, 5) is 0. The maximum Gasteiger partial charge on any atom is 0.170 e. The van der Waals surface area contributed by atoms with Gasteiger partial charge in [0.15, 0.2) is 5.84 Å². The topological polar surface area (TPSA) is 67.8 Å². The van der Waals surface area contributed by atoms with Crippen LogP contribution in [0.15, 0.2) is 53.7 Å². The number of ether oxygens (including phenoxy) is 1. The molecule has 2 aromatic rings. The number of rotatable bonds is 6. The van der Waals surface area contributed by atoms with Crippen molar-refractivity contribution in [3.8, 4) is 5.75 Å². The predicted molar refractivity (Wildman–Crippen MR) is 88.4 cm³/mol. The van der Waals surface area contributed by atoms with Crippen LogP contribution in [0.1, 0.15) is 42.9 Å². The van der Waals surface area contributed by atoms with Gasteiger partial charge in [-0.15, -0.1) is 0 Å². The SMILES string of the molecule is CCC(C)c1ccccc1OCc1ccc(/C(N)=N/O)cc1. The average molecular weight is 298 g/mol. The van der Waals surface area contributed by atoms with E-state index < -0.39 is 0 Å². The third-order valence-corrected chi connectivity index (χ3v) is 3.81. The van der Waals surface area contributed by atoms with E-state index in [1.807, 2.05) is 42.5 Å². The van der Waals surface area contributed by atoms with Crippen LogP contribution < -0.4 is 10.5 Å². The molecule has 2 aromatic carbocycles. The third kappa shape index (κ3) is 3.79. The van der Waals surface area contributed by atoms with E-state index in [4.69, 9.17) is 15.7 Å². The summed E-state index contributed by atoms with van der Waals surface area (Å²) in [5, 5.41) is 11.6. The predicted octanol–water partition coefficient (Wildman–Crippen LogP) is 3.87. The molecule has 0 bridgehead atoms. The second-order valence-electron chi connectivity index (χ2n) is 5.32. The number of para-hydroxylation sites is 1. The molecule has 1 unspecified atom stereocenters. The molecule has 1 atom stereocenters. The standard InChI is InChI=1S/C18H22N2O2/c1-3-13(2)16-6-4-5-7-17(16)22-12-14-8-10-15(11-9-14)18(19)20-21/h4-11,13,21H,3,12H2,1-2H3,(H2,19,20). The maximum absolute atomic E-state index is 8.65. The molecular weight excluding hydrogens is 276 g/mol. The van der Waals surface area contributed by atoms with Crippen molar-refractivity contribution in [3.63, 3.8) is 0 Å². The summed E-state index contributed by atoms with van der Waals surface area (Å²) in [5.74, 6) is 1.51. The summed E-state index contributed by atoms with van der Waals surface area (Å²) in [7, 11) is 0. The first-order valence-corrected chi connectivity index (χ1v) is 7.44. The molecule has 22 heavy (non-hydrogen) atoms. The van der Waals surface area contributed by atoms with E-state index in [2.05, 4.69) is 25.1 Å². The first-order chi connectivity index (χ1) is 10.7. The Hall–Kier alpha value is -2.49. The maximum atomic E-state index is 8.65. The minimum absolute atomic E-state index is 0.106. The van der Waals surface area contributed by atoms with Gasteiger partial charge < -0.3 is 15.7 Å². The van der Waals surface area contributed by atoms with E-state index in [0.29, 0.717) is 18.1 Å². The third-order valence-electron chi connectivity index (χ3n) is 3.81. The van der Waals surface area contributed by atoms with Crippen LogP contribution >= 0.6 is 0 Å². The lowest BCUT2D eigenvalue weighted by molar-refractivity contribution is 0.301. The van der Waals surface area contributed by atoms with Crippen molar-refractivity contribution in [2.75, 3.05) is 0 Å². The number of amidine groups is 1. The Morgan fingerprint density at radius 1 is 1.18 bits per heavy atom. The van der Waals surface area contributed by atoms with Crippen molar-refractivity contribution in [1.82, 2.24) is 0 Å². The first-order valence-electron chi connectivity index (χ1n) is 7.44. The number of nitrogens with zero attached hydrogens (tertiary/aromatic N) is 1. The summed E-state index contributed by atoms with van der Waals surface area (Å²) >= 11 is 0. The van der Waals surface area contributed by atoms with E-state index in [1.165, 1.54) is 5.56 Å². The Labute approximate surface area is 131 Å². The summed E-state index contributed by atoms with van der Waals surface area (Å²) in [6, 6.07) is 15.6. The molecule has 4 heteroatoms. The van der Waals surface area contributed by atoms with Crippen LogP contribution in [0.2, 0.25) is 0 Å². The van der Waals surface area contributed by atoms with E-state index in [-0.39, 0.29) is 5.84 Å². The molecule has 0 amide bonds. The van der Waals surface area contributed by atoms with Gasteiger partial charge in [-0.2, -0.15) is 0 Å². The number of oxime groups is 1. The van der Waals surface area contributed by atoms with Crippen molar-refractivity contribution in [3.05, 3.63) is 65.2 Å². The van der Waals surface area contributed by atoms with Crippen LogP contribution in [-0.4, -0.2) is 11.0 Å². The molecule has 0 aliphatic rings. The lowest BCUT2D eigenvalue weighted by Crippen LogP contribution is -2.12. The number of nitrogens with two attached hydrogens (primary N) is 1. The van der Waals surface area contributed by atoms with Gasteiger partial charge in [0.1, 0.15) is 12.4 Å². The smallest absolute Gasteiger partial charge is 0.170 e. The van der Waals surface area contributed by atoms with Crippen LogP contribution in [0, 0.1) is 0 Å². The van der Waals surface area contributed by atoms with Crippen molar-refractivity contribution in [1.29, 1.82) is 0 Å². The summed E-state index contributed by atoms with van der Waals surface area (Å²) in [5.41, 5.74) is 8.50. The van der Waals surface area contributed by atoms with Gasteiger partial charge in [0, 0.05) is 5.56 Å². The van der Waals surface area contributed by atoms with Gasteiger partial charge in [-0.05, 0) is 29.5 Å². The van der Waals surface area contributed by atoms with Gasteiger partial charge in [0.2, 0.25) is 0 Å². The summed E-state index contributed by atoms with van der Waals surface area (Å²) < 4.78 is 5.96. The molecule has 116 valence electrons. The highest BCUT2D eigenvalue weighted by atomic mass is 16.5. The second kappa shape index (κ2) is 7.50. The summed E-state index contributed by atoms with van der Waals surface area (Å²) in [6.07, 6.45) is 1.08. The molecule has 3 N–H and O–H groups in total. The van der Waals surface area contributed by atoms with E-state index in [9.17, 15) is 0 Å². The monoisotopic (exact) mass is 298 g/mol. The van der Waals surface area contributed by atoms with Crippen molar-refractivity contribution < 1.29 is 9.94 Å². The Morgan fingerprint density at radius 2 is 1.86 bits per heavy atom. The van der Waals surface area contributed by atoms with Gasteiger partial charge in [0.25, 0.3) is 0 Å². The molecule has 0 aliphatic heterocycles. The zero-order chi connectivity index (χ0) is 15.9. The molecule has 0 fully saturated rings. The van der Waals surface area contributed by atoms with Gasteiger partial charge in [-0.3, -0.25) is 0 Å². The second-order valence-corrected chi connectivity index (χ2v) is 5.32. The first kappa shape index (κ1) is 15.9. The van der Waals surface area contributed by atoms with Crippen LogP contribution in [-0.2, 0) is 6.61 Å². The van der Waals surface area contributed by atoms with E-state index in [0.717, 1.165) is 17.7 Å². The minimum atomic E-state index is 0.106. The molecule has 4 nitrogen and oxygen atoms in total. The van der Waals surface area contributed by atoms with Gasteiger partial charge >= 0.3 is 0 Å². The molecule has 0 radical (unpaired) electrons. The Bertz CT molecular complexity index is 636. The lowest BCUT2D eigenvalue weighted by atomic mass is 9.98. The molecule has 0 spiro atoms. The van der Waals surface area contributed by atoms with Crippen LogP contribution in [0.4, 0.5) is 0 Å².